The summed E-state index contributed by atoms with van der Waals surface area (Å²) >= 11 is 1.84. The van der Waals surface area contributed by atoms with Crippen molar-refractivity contribution in [3.63, 3.8) is 0 Å². The van der Waals surface area contributed by atoms with E-state index in [0.29, 0.717) is 12.3 Å². The molecule has 2 aliphatic heterocycles. The fourth-order valence-electron chi connectivity index (χ4n) is 3.14. The van der Waals surface area contributed by atoms with Crippen molar-refractivity contribution in [3.8, 4) is 0 Å². The molecule has 19 heavy (non-hydrogen) atoms. The van der Waals surface area contributed by atoms with Gasteiger partial charge in [0.15, 0.2) is 0 Å². The molecule has 1 aromatic rings. The van der Waals surface area contributed by atoms with Crippen LogP contribution in [-0.4, -0.2) is 37.1 Å². The number of piperidine rings is 1. The lowest BCUT2D eigenvalue weighted by molar-refractivity contribution is -0.137. The van der Waals surface area contributed by atoms with Gasteiger partial charge in [-0.3, -0.25) is 4.79 Å². The monoisotopic (exact) mass is 279 g/mol. The molecule has 0 aromatic carbocycles. The van der Waals surface area contributed by atoms with Crippen molar-refractivity contribution in [3.05, 3.63) is 21.9 Å². The van der Waals surface area contributed by atoms with Gasteiger partial charge in [0.05, 0.1) is 6.61 Å². The van der Waals surface area contributed by atoms with Crippen molar-refractivity contribution in [1.29, 1.82) is 0 Å². The number of ether oxygens (including phenoxy) is 1. The number of aryl methyl sites for hydroxylation is 1. The summed E-state index contributed by atoms with van der Waals surface area (Å²) in [5, 5.41) is 0. The van der Waals surface area contributed by atoms with Crippen LogP contribution >= 0.6 is 11.3 Å². The molecule has 3 nitrogen and oxygen atoms in total. The van der Waals surface area contributed by atoms with Crippen LogP contribution in [0.1, 0.15) is 29.0 Å². The van der Waals surface area contributed by atoms with Crippen LogP contribution in [0.2, 0.25) is 0 Å². The summed E-state index contributed by atoms with van der Waals surface area (Å²) in [7, 11) is 0. The SMILES string of the molecule is Cc1ccc(CCN2C[C@]3(CCOC3)CCC2=O)s1. The Kier molecular flexibility index (Phi) is 3.63. The van der Waals surface area contributed by atoms with Crippen LogP contribution in [0.5, 0.6) is 0 Å². The molecule has 0 unspecified atom stereocenters. The van der Waals surface area contributed by atoms with Gasteiger partial charge in [-0.1, -0.05) is 0 Å². The minimum Gasteiger partial charge on any atom is -0.381 e. The highest BCUT2D eigenvalue weighted by Crippen LogP contribution is 2.38. The number of amides is 1. The predicted octanol–water partition coefficient (Wildman–Crippen LogP) is 2.63. The fourth-order valence-corrected chi connectivity index (χ4v) is 4.02. The number of carbonyl (C=O) groups is 1. The molecule has 1 amide bonds. The Balaban J connectivity index is 1.60. The number of carbonyl (C=O) groups excluding carboxylic acids is 1. The zero-order valence-corrected chi connectivity index (χ0v) is 12.3. The van der Waals surface area contributed by atoms with Gasteiger partial charge in [0.1, 0.15) is 0 Å². The number of hydrogen-bond acceptors (Lipinski definition) is 3. The van der Waals surface area contributed by atoms with E-state index in [1.807, 2.05) is 11.3 Å². The smallest absolute Gasteiger partial charge is 0.222 e. The normalized spacial score (nSPS) is 27.4. The quantitative estimate of drug-likeness (QED) is 0.851. The number of likely N-dealkylation sites (tertiary alicyclic amines) is 1. The number of rotatable bonds is 3. The lowest BCUT2D eigenvalue weighted by Gasteiger charge is -2.39. The number of thiophene rings is 1. The van der Waals surface area contributed by atoms with E-state index in [1.54, 1.807) is 0 Å². The van der Waals surface area contributed by atoms with Gasteiger partial charge in [0.25, 0.3) is 0 Å². The van der Waals surface area contributed by atoms with Crippen molar-refractivity contribution in [2.24, 2.45) is 5.41 Å². The van der Waals surface area contributed by atoms with Crippen LogP contribution in [-0.2, 0) is 16.0 Å². The number of nitrogens with zero attached hydrogens (tertiary/aromatic N) is 1. The van der Waals surface area contributed by atoms with Gasteiger partial charge in [-0.05, 0) is 38.3 Å². The van der Waals surface area contributed by atoms with E-state index in [1.165, 1.54) is 9.75 Å². The Bertz CT molecular complexity index is 462. The van der Waals surface area contributed by atoms with Crippen molar-refractivity contribution in [1.82, 2.24) is 4.90 Å². The maximum Gasteiger partial charge on any atom is 0.222 e. The first-order valence-electron chi connectivity index (χ1n) is 7.08. The maximum atomic E-state index is 12.0. The molecule has 0 aliphatic carbocycles. The molecule has 0 radical (unpaired) electrons. The van der Waals surface area contributed by atoms with Gasteiger partial charge in [0.2, 0.25) is 5.91 Å². The summed E-state index contributed by atoms with van der Waals surface area (Å²) in [4.78, 5) is 16.8. The molecule has 3 rings (SSSR count). The molecule has 3 heterocycles. The lowest BCUT2D eigenvalue weighted by Crippen LogP contribution is -2.47. The Morgan fingerprint density at radius 1 is 1.42 bits per heavy atom. The predicted molar refractivity (Wildman–Crippen MR) is 76.4 cm³/mol. The lowest BCUT2D eigenvalue weighted by atomic mass is 9.79. The summed E-state index contributed by atoms with van der Waals surface area (Å²) < 4.78 is 5.55. The second-order valence-corrected chi connectivity index (χ2v) is 7.25. The van der Waals surface area contributed by atoms with Crippen LogP contribution in [0.15, 0.2) is 12.1 Å². The highest BCUT2D eigenvalue weighted by molar-refractivity contribution is 7.11. The average molecular weight is 279 g/mol. The van der Waals surface area contributed by atoms with Crippen molar-refractivity contribution >= 4 is 17.2 Å². The fraction of sp³-hybridized carbons (Fsp3) is 0.667. The third-order valence-electron chi connectivity index (χ3n) is 4.36. The zero-order chi connectivity index (χ0) is 13.3. The summed E-state index contributed by atoms with van der Waals surface area (Å²) in [5.41, 5.74) is 0.263. The third kappa shape index (κ3) is 2.84. The largest absolute Gasteiger partial charge is 0.381 e. The van der Waals surface area contributed by atoms with Gasteiger partial charge >= 0.3 is 0 Å². The molecule has 2 aliphatic rings. The highest BCUT2D eigenvalue weighted by atomic mass is 32.1. The molecule has 0 bridgehead atoms. The van der Waals surface area contributed by atoms with Gasteiger partial charge in [0, 0.05) is 41.3 Å². The maximum absolute atomic E-state index is 12.0. The van der Waals surface area contributed by atoms with E-state index >= 15 is 0 Å². The minimum atomic E-state index is 0.263. The molecule has 4 heteroatoms. The molecular weight excluding hydrogens is 258 g/mol. The van der Waals surface area contributed by atoms with E-state index in [2.05, 4.69) is 24.0 Å². The van der Waals surface area contributed by atoms with E-state index in [-0.39, 0.29) is 5.41 Å². The Morgan fingerprint density at radius 2 is 2.32 bits per heavy atom. The van der Waals surface area contributed by atoms with Crippen LogP contribution in [0.3, 0.4) is 0 Å². The van der Waals surface area contributed by atoms with Gasteiger partial charge in [-0.2, -0.15) is 0 Å². The molecule has 0 saturated carbocycles. The van der Waals surface area contributed by atoms with Gasteiger partial charge in [-0.15, -0.1) is 11.3 Å². The topological polar surface area (TPSA) is 29.5 Å². The van der Waals surface area contributed by atoms with Crippen LogP contribution < -0.4 is 0 Å². The van der Waals surface area contributed by atoms with Gasteiger partial charge < -0.3 is 9.64 Å². The molecule has 0 N–H and O–H groups in total. The third-order valence-corrected chi connectivity index (χ3v) is 5.42. The minimum absolute atomic E-state index is 0.263. The van der Waals surface area contributed by atoms with E-state index in [4.69, 9.17) is 4.74 Å². The summed E-state index contributed by atoms with van der Waals surface area (Å²) in [6.07, 6.45) is 3.82. The Labute approximate surface area is 118 Å². The average Bonchev–Trinajstić information content (AvgIpc) is 3.01. The zero-order valence-electron chi connectivity index (χ0n) is 11.5. The molecule has 1 aromatic heterocycles. The van der Waals surface area contributed by atoms with E-state index < -0.39 is 0 Å². The van der Waals surface area contributed by atoms with E-state index in [9.17, 15) is 4.79 Å². The van der Waals surface area contributed by atoms with Crippen LogP contribution in [0.25, 0.3) is 0 Å². The Morgan fingerprint density at radius 3 is 3.00 bits per heavy atom. The number of hydrogen-bond donors (Lipinski definition) is 0. The Hall–Kier alpha value is -0.870. The van der Waals surface area contributed by atoms with Crippen molar-refractivity contribution in [2.45, 2.75) is 32.6 Å². The van der Waals surface area contributed by atoms with Crippen LogP contribution in [0, 0.1) is 12.3 Å². The second kappa shape index (κ2) is 5.25. The first kappa shape index (κ1) is 13.1. The standard InChI is InChI=1S/C15H21NO2S/c1-12-2-3-13(19-12)5-8-16-10-15(6-4-14(16)17)7-9-18-11-15/h2-3H,4-11H2,1H3/t15-/m1/s1. The molecular formula is C15H21NO2S. The molecule has 2 saturated heterocycles. The summed E-state index contributed by atoms with van der Waals surface area (Å²) in [5.74, 6) is 0.325. The molecule has 104 valence electrons. The first-order chi connectivity index (χ1) is 9.17. The van der Waals surface area contributed by atoms with Crippen molar-refractivity contribution < 1.29 is 9.53 Å². The van der Waals surface area contributed by atoms with E-state index in [0.717, 1.165) is 45.6 Å². The van der Waals surface area contributed by atoms with Gasteiger partial charge in [-0.25, -0.2) is 0 Å². The molecule has 1 spiro atoms. The molecule has 2 fully saturated rings. The second-order valence-electron chi connectivity index (χ2n) is 5.88. The van der Waals surface area contributed by atoms with Crippen molar-refractivity contribution in [2.75, 3.05) is 26.3 Å². The summed E-state index contributed by atoms with van der Waals surface area (Å²) in [6.45, 7) is 5.60. The van der Waals surface area contributed by atoms with Crippen LogP contribution in [0.4, 0.5) is 0 Å². The molecule has 1 atom stereocenters. The summed E-state index contributed by atoms with van der Waals surface area (Å²) in [6, 6.07) is 4.34. The highest BCUT2D eigenvalue weighted by Gasteiger charge is 2.41. The first-order valence-corrected chi connectivity index (χ1v) is 7.89.